The lowest BCUT2D eigenvalue weighted by Crippen LogP contribution is -2.39. The number of aliphatic hydroxyl groups is 1. The van der Waals surface area contributed by atoms with Gasteiger partial charge in [0.05, 0.1) is 18.9 Å². The van der Waals surface area contributed by atoms with Crippen LogP contribution in [0.5, 0.6) is 0 Å². The van der Waals surface area contributed by atoms with E-state index >= 15 is 0 Å². The topological polar surface area (TPSA) is 79.0 Å². The molecule has 0 amide bonds. The van der Waals surface area contributed by atoms with Gasteiger partial charge in [0.15, 0.2) is 5.96 Å². The number of rotatable bonds is 9. The summed E-state index contributed by atoms with van der Waals surface area (Å²) in [5, 5.41) is 16.9. The van der Waals surface area contributed by atoms with E-state index in [0.717, 1.165) is 26.1 Å². The minimum atomic E-state index is -1.11. The summed E-state index contributed by atoms with van der Waals surface area (Å²) in [6.07, 6.45) is 7.98. The lowest BCUT2D eigenvalue weighted by atomic mass is 10.0. The van der Waals surface area contributed by atoms with Crippen molar-refractivity contribution in [2.45, 2.75) is 57.7 Å². The number of nitrogens with zero attached hydrogens (tertiary/aromatic N) is 1. The number of aliphatic imine (C=N–C) groups is 1. The second-order valence-electron chi connectivity index (χ2n) is 6.50. The Hall–Kier alpha value is -1.53. The smallest absolute Gasteiger partial charge is 0.191 e. The Morgan fingerprint density at radius 2 is 2.21 bits per heavy atom. The van der Waals surface area contributed by atoms with Gasteiger partial charge in [-0.1, -0.05) is 12.8 Å². The lowest BCUT2D eigenvalue weighted by molar-refractivity contribution is 0.0436. The Morgan fingerprint density at radius 1 is 1.42 bits per heavy atom. The van der Waals surface area contributed by atoms with E-state index in [1.54, 1.807) is 25.3 Å². The zero-order chi connectivity index (χ0) is 17.3. The second kappa shape index (κ2) is 9.69. The number of ether oxygens (including phenoxy) is 1. The van der Waals surface area contributed by atoms with Crippen LogP contribution in [0.3, 0.4) is 0 Å². The highest BCUT2D eigenvalue weighted by Gasteiger charge is 2.26. The zero-order valence-corrected chi connectivity index (χ0v) is 14.9. The molecule has 0 saturated heterocycles. The van der Waals surface area contributed by atoms with Crippen molar-refractivity contribution in [3.8, 4) is 0 Å². The summed E-state index contributed by atoms with van der Waals surface area (Å²) in [5.41, 5.74) is -1.11. The van der Waals surface area contributed by atoms with Crippen molar-refractivity contribution in [1.82, 2.24) is 10.6 Å². The SMILES string of the molecule is CCNC(=NCC(C)(O)c1ccco1)NCCCOC1CCCC1. The number of guanidine groups is 1. The average molecular weight is 337 g/mol. The van der Waals surface area contributed by atoms with Crippen molar-refractivity contribution in [3.63, 3.8) is 0 Å². The first-order chi connectivity index (χ1) is 11.6. The Bertz CT molecular complexity index is 480. The van der Waals surface area contributed by atoms with Crippen LogP contribution >= 0.6 is 0 Å². The minimum Gasteiger partial charge on any atom is -0.466 e. The van der Waals surface area contributed by atoms with Crippen LogP contribution in [-0.2, 0) is 10.3 Å². The molecule has 0 aromatic carbocycles. The normalized spacial score (nSPS) is 18.5. The van der Waals surface area contributed by atoms with E-state index in [0.29, 0.717) is 17.8 Å². The quantitative estimate of drug-likeness (QED) is 0.366. The molecule has 2 rings (SSSR count). The van der Waals surface area contributed by atoms with Gasteiger partial charge in [-0.15, -0.1) is 0 Å². The second-order valence-corrected chi connectivity index (χ2v) is 6.50. The summed E-state index contributed by atoms with van der Waals surface area (Å²) in [5.74, 6) is 1.22. The van der Waals surface area contributed by atoms with Gasteiger partial charge in [-0.3, -0.25) is 0 Å². The summed E-state index contributed by atoms with van der Waals surface area (Å²) in [6, 6.07) is 3.53. The summed E-state index contributed by atoms with van der Waals surface area (Å²) in [6.45, 7) is 6.30. The molecular formula is C18H31N3O3. The molecule has 1 aliphatic carbocycles. The lowest BCUT2D eigenvalue weighted by Gasteiger charge is -2.19. The van der Waals surface area contributed by atoms with Crippen LogP contribution in [0.2, 0.25) is 0 Å². The zero-order valence-electron chi connectivity index (χ0n) is 14.9. The molecule has 0 spiro atoms. The first kappa shape index (κ1) is 18.8. The van der Waals surface area contributed by atoms with E-state index in [1.165, 1.54) is 25.7 Å². The van der Waals surface area contributed by atoms with Crippen molar-refractivity contribution in [1.29, 1.82) is 0 Å². The molecule has 0 aliphatic heterocycles. The third-order valence-corrected chi connectivity index (χ3v) is 4.21. The first-order valence-electron chi connectivity index (χ1n) is 9.02. The number of nitrogens with one attached hydrogen (secondary N) is 2. The van der Waals surface area contributed by atoms with E-state index in [4.69, 9.17) is 9.15 Å². The molecular weight excluding hydrogens is 306 g/mol. The van der Waals surface area contributed by atoms with Gasteiger partial charge in [0.1, 0.15) is 11.4 Å². The molecule has 6 heteroatoms. The molecule has 1 aromatic rings. The van der Waals surface area contributed by atoms with Crippen molar-refractivity contribution in [2.75, 3.05) is 26.2 Å². The molecule has 0 bridgehead atoms. The fraction of sp³-hybridized carbons (Fsp3) is 0.722. The van der Waals surface area contributed by atoms with Crippen molar-refractivity contribution < 1.29 is 14.3 Å². The summed E-state index contributed by atoms with van der Waals surface area (Å²) >= 11 is 0. The maximum Gasteiger partial charge on any atom is 0.191 e. The number of hydrogen-bond donors (Lipinski definition) is 3. The average Bonchev–Trinajstić information content (AvgIpc) is 3.25. The predicted molar refractivity (Wildman–Crippen MR) is 95.1 cm³/mol. The van der Waals surface area contributed by atoms with Gasteiger partial charge in [-0.2, -0.15) is 0 Å². The van der Waals surface area contributed by atoms with Crippen LogP contribution in [0, 0.1) is 0 Å². The third-order valence-electron chi connectivity index (χ3n) is 4.21. The molecule has 1 saturated carbocycles. The van der Waals surface area contributed by atoms with Crippen LogP contribution in [0.15, 0.2) is 27.8 Å². The monoisotopic (exact) mass is 337 g/mol. The summed E-state index contributed by atoms with van der Waals surface area (Å²) in [4.78, 5) is 4.46. The maximum atomic E-state index is 10.4. The molecule has 1 atom stereocenters. The van der Waals surface area contributed by atoms with Gasteiger partial charge in [-0.25, -0.2) is 4.99 Å². The van der Waals surface area contributed by atoms with Crippen molar-refractivity contribution in [2.24, 2.45) is 4.99 Å². The highest BCUT2D eigenvalue weighted by atomic mass is 16.5. The van der Waals surface area contributed by atoms with Crippen molar-refractivity contribution >= 4 is 5.96 Å². The highest BCUT2D eigenvalue weighted by molar-refractivity contribution is 5.79. The number of furan rings is 1. The van der Waals surface area contributed by atoms with Crippen LogP contribution in [0.1, 0.15) is 51.7 Å². The molecule has 3 N–H and O–H groups in total. The molecule has 1 aromatic heterocycles. The first-order valence-corrected chi connectivity index (χ1v) is 9.02. The summed E-state index contributed by atoms with van der Waals surface area (Å²) in [7, 11) is 0. The molecule has 1 aliphatic rings. The summed E-state index contributed by atoms with van der Waals surface area (Å²) < 4.78 is 11.1. The van der Waals surface area contributed by atoms with Crippen LogP contribution in [0.25, 0.3) is 0 Å². The van der Waals surface area contributed by atoms with E-state index < -0.39 is 5.60 Å². The van der Waals surface area contributed by atoms with Gasteiger partial charge in [0.2, 0.25) is 0 Å². The maximum absolute atomic E-state index is 10.4. The Balaban J connectivity index is 1.71. The van der Waals surface area contributed by atoms with Crippen LogP contribution in [0.4, 0.5) is 0 Å². The van der Waals surface area contributed by atoms with Gasteiger partial charge in [0.25, 0.3) is 0 Å². The van der Waals surface area contributed by atoms with Gasteiger partial charge in [-0.05, 0) is 45.2 Å². The molecule has 24 heavy (non-hydrogen) atoms. The van der Waals surface area contributed by atoms with E-state index in [1.807, 2.05) is 6.92 Å². The van der Waals surface area contributed by atoms with E-state index in [9.17, 15) is 5.11 Å². The Labute approximate surface area is 144 Å². The van der Waals surface area contributed by atoms with Gasteiger partial charge >= 0.3 is 0 Å². The third kappa shape index (κ3) is 6.17. The van der Waals surface area contributed by atoms with Crippen LogP contribution in [-0.4, -0.2) is 43.4 Å². The van der Waals surface area contributed by atoms with Gasteiger partial charge < -0.3 is 24.9 Å². The number of hydrogen-bond acceptors (Lipinski definition) is 4. The molecule has 1 fully saturated rings. The largest absolute Gasteiger partial charge is 0.466 e. The van der Waals surface area contributed by atoms with Gasteiger partial charge in [0, 0.05) is 19.7 Å². The fourth-order valence-electron chi connectivity index (χ4n) is 2.82. The molecule has 1 heterocycles. The van der Waals surface area contributed by atoms with E-state index in [2.05, 4.69) is 15.6 Å². The Morgan fingerprint density at radius 3 is 2.88 bits per heavy atom. The predicted octanol–water partition coefficient (Wildman–Crippen LogP) is 2.39. The minimum absolute atomic E-state index is 0.231. The van der Waals surface area contributed by atoms with Crippen LogP contribution < -0.4 is 10.6 Å². The van der Waals surface area contributed by atoms with Crippen molar-refractivity contribution in [3.05, 3.63) is 24.2 Å². The standard InChI is InChI=1S/C18H31N3O3/c1-3-19-17(20-11-7-13-23-15-8-4-5-9-15)21-14-18(2,22)16-10-6-12-24-16/h6,10,12,15,22H,3-5,7-9,11,13-14H2,1-2H3,(H2,19,20,21). The Kier molecular flexibility index (Phi) is 7.59. The molecule has 6 nitrogen and oxygen atoms in total. The van der Waals surface area contributed by atoms with E-state index in [-0.39, 0.29) is 6.54 Å². The molecule has 136 valence electrons. The fourth-order valence-corrected chi connectivity index (χ4v) is 2.82. The highest BCUT2D eigenvalue weighted by Crippen LogP contribution is 2.21. The molecule has 1 unspecified atom stereocenters. The molecule has 0 radical (unpaired) electrons.